The van der Waals surface area contributed by atoms with Crippen molar-refractivity contribution in [3.8, 4) is 0 Å². The first-order valence-electron chi connectivity index (χ1n) is 6.66. The van der Waals surface area contributed by atoms with Crippen LogP contribution < -0.4 is 5.32 Å². The van der Waals surface area contributed by atoms with Crippen molar-refractivity contribution in [2.24, 2.45) is 7.05 Å². The molecular formula is C14H19ClN4O2S. The lowest BCUT2D eigenvalue weighted by Gasteiger charge is -2.15. The molecule has 0 radical (unpaired) electrons. The van der Waals surface area contributed by atoms with Crippen LogP contribution in [-0.4, -0.2) is 36.4 Å². The lowest BCUT2D eigenvalue weighted by atomic mass is 10.2. The SMILES string of the molecule is Cc1ccc(S(=O)(=O)N(C)C)cc1NCc1ncc(Cl)n1C. The zero-order chi connectivity index (χ0) is 16.5. The molecule has 0 aliphatic rings. The van der Waals surface area contributed by atoms with Crippen molar-refractivity contribution in [3.63, 3.8) is 0 Å². The van der Waals surface area contributed by atoms with Crippen molar-refractivity contribution in [1.29, 1.82) is 0 Å². The zero-order valence-corrected chi connectivity index (χ0v) is 14.5. The van der Waals surface area contributed by atoms with Crippen molar-refractivity contribution >= 4 is 27.3 Å². The van der Waals surface area contributed by atoms with Crippen LogP contribution in [-0.2, 0) is 23.6 Å². The summed E-state index contributed by atoms with van der Waals surface area (Å²) in [5, 5.41) is 3.76. The number of benzene rings is 1. The summed E-state index contributed by atoms with van der Waals surface area (Å²) in [6, 6.07) is 5.02. The lowest BCUT2D eigenvalue weighted by Crippen LogP contribution is -2.22. The molecule has 120 valence electrons. The van der Waals surface area contributed by atoms with Crippen molar-refractivity contribution < 1.29 is 8.42 Å². The van der Waals surface area contributed by atoms with Gasteiger partial charge in [0.1, 0.15) is 11.0 Å². The predicted molar refractivity (Wildman–Crippen MR) is 87.6 cm³/mol. The molecule has 0 amide bonds. The van der Waals surface area contributed by atoms with E-state index in [4.69, 9.17) is 11.6 Å². The summed E-state index contributed by atoms with van der Waals surface area (Å²) >= 11 is 5.95. The van der Waals surface area contributed by atoms with Crippen molar-refractivity contribution in [1.82, 2.24) is 13.9 Å². The molecule has 2 aromatic rings. The molecule has 8 heteroatoms. The highest BCUT2D eigenvalue weighted by atomic mass is 35.5. The molecule has 1 aromatic heterocycles. The summed E-state index contributed by atoms with van der Waals surface area (Å²) in [5.74, 6) is 0.769. The van der Waals surface area contributed by atoms with E-state index in [1.54, 1.807) is 29.0 Å². The first-order chi connectivity index (χ1) is 10.2. The van der Waals surface area contributed by atoms with Crippen LogP contribution in [0.1, 0.15) is 11.4 Å². The first-order valence-corrected chi connectivity index (χ1v) is 8.48. The Bertz CT molecular complexity index is 784. The van der Waals surface area contributed by atoms with Crippen molar-refractivity contribution in [2.75, 3.05) is 19.4 Å². The molecule has 2 rings (SSSR count). The van der Waals surface area contributed by atoms with Crippen molar-refractivity contribution in [2.45, 2.75) is 18.4 Å². The maximum Gasteiger partial charge on any atom is 0.242 e. The van der Waals surface area contributed by atoms with Gasteiger partial charge in [-0.2, -0.15) is 0 Å². The monoisotopic (exact) mass is 342 g/mol. The molecule has 0 aliphatic heterocycles. The summed E-state index contributed by atoms with van der Waals surface area (Å²) in [5.41, 5.74) is 1.71. The summed E-state index contributed by atoms with van der Waals surface area (Å²) < 4.78 is 27.3. The Kier molecular flexibility index (Phi) is 4.79. The Morgan fingerprint density at radius 1 is 1.36 bits per heavy atom. The maximum absolute atomic E-state index is 12.2. The second-order valence-electron chi connectivity index (χ2n) is 5.17. The molecule has 0 aliphatic carbocycles. The molecule has 1 aromatic carbocycles. The molecule has 0 saturated heterocycles. The highest BCUT2D eigenvalue weighted by Gasteiger charge is 2.18. The number of rotatable bonds is 5. The predicted octanol–water partition coefficient (Wildman–Crippen LogP) is 2.24. The number of hydrogen-bond acceptors (Lipinski definition) is 4. The van der Waals surface area contributed by atoms with Crippen LogP contribution in [0.5, 0.6) is 0 Å². The van der Waals surface area contributed by atoms with Gasteiger partial charge < -0.3 is 9.88 Å². The number of hydrogen-bond donors (Lipinski definition) is 1. The summed E-state index contributed by atoms with van der Waals surface area (Å²) in [7, 11) is 1.40. The molecule has 0 saturated carbocycles. The first kappa shape index (κ1) is 16.8. The fraction of sp³-hybridized carbons (Fsp3) is 0.357. The third kappa shape index (κ3) is 3.26. The highest BCUT2D eigenvalue weighted by Crippen LogP contribution is 2.22. The summed E-state index contributed by atoms with van der Waals surface area (Å²) in [6.45, 7) is 2.37. The van der Waals surface area contributed by atoms with E-state index in [-0.39, 0.29) is 4.90 Å². The number of nitrogens with one attached hydrogen (secondary N) is 1. The van der Waals surface area contributed by atoms with Crippen LogP contribution in [0, 0.1) is 6.92 Å². The van der Waals surface area contributed by atoms with Gasteiger partial charge >= 0.3 is 0 Å². The number of aryl methyl sites for hydroxylation is 1. The number of anilines is 1. The number of halogens is 1. The van der Waals surface area contributed by atoms with Gasteiger partial charge in [0.15, 0.2) is 0 Å². The minimum atomic E-state index is -3.45. The molecule has 0 fully saturated rings. The Morgan fingerprint density at radius 3 is 2.59 bits per heavy atom. The van der Waals surface area contributed by atoms with Gasteiger partial charge in [-0.05, 0) is 24.6 Å². The zero-order valence-electron chi connectivity index (χ0n) is 13.0. The fourth-order valence-electron chi connectivity index (χ4n) is 1.93. The van der Waals surface area contributed by atoms with Gasteiger partial charge in [0, 0.05) is 26.8 Å². The van der Waals surface area contributed by atoms with E-state index in [0.29, 0.717) is 11.7 Å². The topological polar surface area (TPSA) is 67.2 Å². The lowest BCUT2D eigenvalue weighted by molar-refractivity contribution is 0.521. The van der Waals surface area contributed by atoms with Crippen molar-refractivity contribution in [3.05, 3.63) is 40.9 Å². The van der Waals surface area contributed by atoms with E-state index in [1.807, 2.05) is 14.0 Å². The van der Waals surface area contributed by atoms with Gasteiger partial charge in [-0.25, -0.2) is 17.7 Å². The van der Waals surface area contributed by atoms with Crippen LogP contribution in [0.2, 0.25) is 5.15 Å². The molecule has 0 bridgehead atoms. The minimum Gasteiger partial charge on any atom is -0.378 e. The molecule has 0 unspecified atom stereocenters. The van der Waals surface area contributed by atoms with E-state index < -0.39 is 10.0 Å². The van der Waals surface area contributed by atoms with Crippen LogP contribution in [0.3, 0.4) is 0 Å². The highest BCUT2D eigenvalue weighted by molar-refractivity contribution is 7.89. The van der Waals surface area contributed by atoms with E-state index in [2.05, 4.69) is 10.3 Å². The number of imidazole rings is 1. The molecule has 22 heavy (non-hydrogen) atoms. The maximum atomic E-state index is 12.2. The van der Waals surface area contributed by atoms with E-state index in [0.717, 1.165) is 17.1 Å². The van der Waals surface area contributed by atoms with Gasteiger partial charge in [-0.15, -0.1) is 0 Å². The van der Waals surface area contributed by atoms with Crippen LogP contribution in [0.15, 0.2) is 29.3 Å². The Labute approximate surface area is 135 Å². The third-order valence-corrected chi connectivity index (χ3v) is 5.61. The van der Waals surface area contributed by atoms with Crippen LogP contribution >= 0.6 is 11.6 Å². The molecule has 6 nitrogen and oxygen atoms in total. The molecule has 1 N–H and O–H groups in total. The van der Waals surface area contributed by atoms with Gasteiger partial charge in [-0.1, -0.05) is 17.7 Å². The van der Waals surface area contributed by atoms with E-state index >= 15 is 0 Å². The normalized spacial score (nSPS) is 11.9. The van der Waals surface area contributed by atoms with Gasteiger partial charge in [0.2, 0.25) is 10.0 Å². The molecule has 0 spiro atoms. The largest absolute Gasteiger partial charge is 0.378 e. The summed E-state index contributed by atoms with van der Waals surface area (Å²) in [6.07, 6.45) is 1.58. The Hall–Kier alpha value is -1.57. The van der Waals surface area contributed by atoms with Crippen LogP contribution in [0.25, 0.3) is 0 Å². The van der Waals surface area contributed by atoms with E-state index in [9.17, 15) is 8.42 Å². The molecule has 0 atom stereocenters. The smallest absolute Gasteiger partial charge is 0.242 e. The number of aromatic nitrogens is 2. The Morgan fingerprint density at radius 2 is 2.05 bits per heavy atom. The van der Waals surface area contributed by atoms with Gasteiger partial charge in [0.05, 0.1) is 17.6 Å². The molecule has 1 heterocycles. The van der Waals surface area contributed by atoms with Gasteiger partial charge in [0.25, 0.3) is 0 Å². The summed E-state index contributed by atoms with van der Waals surface area (Å²) in [4.78, 5) is 4.45. The second kappa shape index (κ2) is 6.28. The second-order valence-corrected chi connectivity index (χ2v) is 7.71. The Balaban J connectivity index is 2.26. The average Bonchev–Trinajstić information content (AvgIpc) is 2.77. The van der Waals surface area contributed by atoms with Crippen LogP contribution in [0.4, 0.5) is 5.69 Å². The molecular weight excluding hydrogens is 324 g/mol. The number of sulfonamides is 1. The fourth-order valence-corrected chi connectivity index (χ4v) is 3.00. The number of nitrogens with zero attached hydrogens (tertiary/aromatic N) is 3. The van der Waals surface area contributed by atoms with E-state index in [1.165, 1.54) is 18.4 Å². The standard InChI is InChI=1S/C14H19ClN4O2S/c1-10-5-6-11(22(20,21)18(2)3)7-12(10)16-9-14-17-8-13(15)19(14)4/h5-8,16H,9H2,1-4H3. The minimum absolute atomic E-state index is 0.253. The van der Waals surface area contributed by atoms with Gasteiger partial charge in [-0.3, -0.25) is 0 Å². The third-order valence-electron chi connectivity index (χ3n) is 3.45. The quantitative estimate of drug-likeness (QED) is 0.905. The average molecular weight is 343 g/mol.